The van der Waals surface area contributed by atoms with E-state index in [4.69, 9.17) is 0 Å². The van der Waals surface area contributed by atoms with Gasteiger partial charge >= 0.3 is 0 Å². The lowest BCUT2D eigenvalue weighted by molar-refractivity contribution is 0.134. The molecule has 0 aliphatic rings. The maximum atomic E-state index is 9.74. The van der Waals surface area contributed by atoms with E-state index >= 15 is 0 Å². The fraction of sp³-hybridized carbons (Fsp3) is 0.462. The van der Waals surface area contributed by atoms with Crippen molar-refractivity contribution in [2.24, 2.45) is 0 Å². The van der Waals surface area contributed by atoms with Gasteiger partial charge in [0.1, 0.15) is 5.01 Å². The van der Waals surface area contributed by atoms with E-state index in [9.17, 15) is 5.11 Å². The van der Waals surface area contributed by atoms with Crippen LogP contribution in [0.25, 0.3) is 9.88 Å². The Bertz CT molecular complexity index is 482. The minimum Gasteiger partial charge on any atom is -0.390 e. The standard InChI is InChI=1S/C13H19N3OS2/c1-16(2)9-10(17)6-14-7-11-8-15-13(19-11)12-4-3-5-18-12/h3-5,8,10,14,17H,6-7,9H2,1-2H3. The van der Waals surface area contributed by atoms with Crippen molar-refractivity contribution in [2.75, 3.05) is 27.2 Å². The molecule has 0 fully saturated rings. The maximum absolute atomic E-state index is 9.74. The molecule has 0 bridgehead atoms. The number of hydrogen-bond acceptors (Lipinski definition) is 6. The molecule has 0 saturated heterocycles. The average molecular weight is 297 g/mol. The molecule has 0 radical (unpaired) electrons. The van der Waals surface area contributed by atoms with E-state index in [0.717, 1.165) is 11.6 Å². The normalized spacial score (nSPS) is 13.1. The maximum Gasteiger partial charge on any atom is 0.133 e. The lowest BCUT2D eigenvalue weighted by atomic mass is 10.3. The Balaban J connectivity index is 1.78. The number of aromatic nitrogens is 1. The Morgan fingerprint density at radius 1 is 1.47 bits per heavy atom. The molecule has 2 aromatic rings. The lowest BCUT2D eigenvalue weighted by Crippen LogP contribution is -2.34. The van der Waals surface area contributed by atoms with Crippen LogP contribution in [0.15, 0.2) is 23.7 Å². The van der Waals surface area contributed by atoms with Gasteiger partial charge in [-0.25, -0.2) is 4.98 Å². The summed E-state index contributed by atoms with van der Waals surface area (Å²) in [6.07, 6.45) is 1.57. The second kappa shape index (κ2) is 7.12. The molecule has 0 aliphatic heterocycles. The highest BCUT2D eigenvalue weighted by atomic mass is 32.1. The van der Waals surface area contributed by atoms with E-state index in [2.05, 4.69) is 21.7 Å². The van der Waals surface area contributed by atoms with Crippen LogP contribution in [-0.4, -0.2) is 48.3 Å². The number of likely N-dealkylation sites (N-methyl/N-ethyl adjacent to an activating group) is 1. The van der Waals surface area contributed by atoms with E-state index in [-0.39, 0.29) is 6.10 Å². The summed E-state index contributed by atoms with van der Waals surface area (Å²) < 4.78 is 0. The predicted octanol–water partition coefficient (Wildman–Crippen LogP) is 1.88. The second-order valence-electron chi connectivity index (χ2n) is 4.66. The van der Waals surface area contributed by atoms with Crippen molar-refractivity contribution in [3.63, 3.8) is 0 Å². The monoisotopic (exact) mass is 297 g/mol. The minimum atomic E-state index is -0.334. The molecule has 1 atom stereocenters. The molecule has 0 amide bonds. The molecule has 0 saturated carbocycles. The van der Waals surface area contributed by atoms with Gasteiger partial charge in [-0.2, -0.15) is 0 Å². The second-order valence-corrected chi connectivity index (χ2v) is 6.72. The molecule has 4 nitrogen and oxygen atoms in total. The Morgan fingerprint density at radius 2 is 2.32 bits per heavy atom. The van der Waals surface area contributed by atoms with Crippen LogP contribution in [0.5, 0.6) is 0 Å². The summed E-state index contributed by atoms with van der Waals surface area (Å²) in [5.74, 6) is 0. The van der Waals surface area contributed by atoms with Crippen molar-refractivity contribution in [2.45, 2.75) is 12.6 Å². The zero-order valence-electron chi connectivity index (χ0n) is 11.2. The number of thiophene rings is 1. The summed E-state index contributed by atoms with van der Waals surface area (Å²) in [5.41, 5.74) is 0. The SMILES string of the molecule is CN(C)CC(O)CNCc1cnc(-c2cccs2)s1. The predicted molar refractivity (Wildman–Crippen MR) is 81.7 cm³/mol. The fourth-order valence-corrected chi connectivity index (χ4v) is 3.44. The first-order valence-electron chi connectivity index (χ1n) is 6.17. The smallest absolute Gasteiger partial charge is 0.133 e. The third kappa shape index (κ3) is 4.67. The Labute approximate surface area is 121 Å². The van der Waals surface area contributed by atoms with Gasteiger partial charge in [-0.3, -0.25) is 0 Å². The molecule has 19 heavy (non-hydrogen) atoms. The summed E-state index contributed by atoms with van der Waals surface area (Å²) in [6, 6.07) is 4.12. The summed E-state index contributed by atoms with van der Waals surface area (Å²) in [5, 5.41) is 16.1. The molecule has 2 N–H and O–H groups in total. The molecule has 0 aromatic carbocycles. The summed E-state index contributed by atoms with van der Waals surface area (Å²) in [6.45, 7) is 2.04. The molecular formula is C13H19N3OS2. The minimum absolute atomic E-state index is 0.334. The molecule has 1 unspecified atom stereocenters. The molecule has 2 aromatic heterocycles. The van der Waals surface area contributed by atoms with Gasteiger partial charge in [-0.15, -0.1) is 22.7 Å². The van der Waals surface area contributed by atoms with E-state index in [1.54, 1.807) is 22.7 Å². The van der Waals surface area contributed by atoms with Gasteiger partial charge in [0.25, 0.3) is 0 Å². The zero-order chi connectivity index (χ0) is 13.7. The van der Waals surface area contributed by atoms with Crippen molar-refractivity contribution in [1.29, 1.82) is 0 Å². The van der Waals surface area contributed by atoms with Crippen LogP contribution < -0.4 is 5.32 Å². The Kier molecular flexibility index (Phi) is 5.47. The summed E-state index contributed by atoms with van der Waals surface area (Å²) >= 11 is 3.41. The van der Waals surface area contributed by atoms with Crippen LogP contribution in [0.4, 0.5) is 0 Å². The van der Waals surface area contributed by atoms with Crippen molar-refractivity contribution in [1.82, 2.24) is 15.2 Å². The fourth-order valence-electron chi connectivity index (χ4n) is 1.75. The number of rotatable bonds is 7. The first-order valence-corrected chi connectivity index (χ1v) is 7.87. The van der Waals surface area contributed by atoms with Crippen LogP contribution in [0.2, 0.25) is 0 Å². The van der Waals surface area contributed by atoms with Gasteiger partial charge in [-0.05, 0) is 25.5 Å². The van der Waals surface area contributed by atoms with Crippen molar-refractivity contribution >= 4 is 22.7 Å². The first-order chi connectivity index (χ1) is 9.15. The molecule has 0 aliphatic carbocycles. The van der Waals surface area contributed by atoms with Gasteiger partial charge in [0.2, 0.25) is 0 Å². The van der Waals surface area contributed by atoms with Crippen LogP contribution in [0, 0.1) is 0 Å². The highest BCUT2D eigenvalue weighted by Gasteiger charge is 2.07. The lowest BCUT2D eigenvalue weighted by Gasteiger charge is -2.15. The topological polar surface area (TPSA) is 48.4 Å². The highest BCUT2D eigenvalue weighted by molar-refractivity contribution is 7.20. The number of nitrogens with one attached hydrogen (secondary N) is 1. The molecular weight excluding hydrogens is 278 g/mol. The van der Waals surface area contributed by atoms with Crippen LogP contribution in [0.1, 0.15) is 4.88 Å². The first kappa shape index (κ1) is 14.6. The van der Waals surface area contributed by atoms with Crippen molar-refractivity contribution < 1.29 is 5.11 Å². The quantitative estimate of drug-likeness (QED) is 0.819. The van der Waals surface area contributed by atoms with Crippen LogP contribution in [-0.2, 0) is 6.54 Å². The van der Waals surface area contributed by atoms with Gasteiger partial charge in [0.15, 0.2) is 0 Å². The molecule has 6 heteroatoms. The third-order valence-electron chi connectivity index (χ3n) is 2.54. The molecule has 2 heterocycles. The number of thiazole rings is 1. The Hall–Kier alpha value is -0.790. The van der Waals surface area contributed by atoms with Crippen LogP contribution >= 0.6 is 22.7 Å². The van der Waals surface area contributed by atoms with E-state index in [1.165, 1.54) is 9.75 Å². The van der Waals surface area contributed by atoms with Gasteiger partial charge in [-0.1, -0.05) is 6.07 Å². The molecule has 2 rings (SSSR count). The largest absolute Gasteiger partial charge is 0.390 e. The van der Waals surface area contributed by atoms with E-state index < -0.39 is 0 Å². The summed E-state index contributed by atoms with van der Waals surface area (Å²) in [7, 11) is 3.92. The number of nitrogens with zero attached hydrogens (tertiary/aromatic N) is 2. The molecule has 0 spiro atoms. The van der Waals surface area contributed by atoms with Crippen molar-refractivity contribution in [3.8, 4) is 9.88 Å². The average Bonchev–Trinajstić information content (AvgIpc) is 2.97. The molecule has 104 valence electrons. The van der Waals surface area contributed by atoms with Crippen molar-refractivity contribution in [3.05, 3.63) is 28.6 Å². The van der Waals surface area contributed by atoms with Gasteiger partial charge < -0.3 is 15.3 Å². The third-order valence-corrected chi connectivity index (χ3v) is 4.58. The van der Waals surface area contributed by atoms with Gasteiger partial charge in [0.05, 0.1) is 11.0 Å². The summed E-state index contributed by atoms with van der Waals surface area (Å²) in [4.78, 5) is 8.81. The van der Waals surface area contributed by atoms with E-state index in [0.29, 0.717) is 13.1 Å². The Morgan fingerprint density at radius 3 is 3.00 bits per heavy atom. The number of aliphatic hydroxyl groups excluding tert-OH is 1. The van der Waals surface area contributed by atoms with E-state index in [1.807, 2.05) is 31.3 Å². The zero-order valence-corrected chi connectivity index (χ0v) is 12.8. The number of aliphatic hydroxyl groups is 1. The highest BCUT2D eigenvalue weighted by Crippen LogP contribution is 2.28. The number of hydrogen-bond donors (Lipinski definition) is 2. The van der Waals surface area contributed by atoms with Gasteiger partial charge in [0, 0.05) is 30.7 Å². The van der Waals surface area contributed by atoms with Crippen LogP contribution in [0.3, 0.4) is 0 Å².